The maximum Gasteiger partial charge on any atom is 0.284 e. The fraction of sp³-hybridized carbons (Fsp3) is 0.429. The van der Waals surface area contributed by atoms with Crippen molar-refractivity contribution in [2.45, 2.75) is 39.5 Å². The molecule has 8 heteroatoms. The molecular formula is C21H28N4O4. The Kier molecular flexibility index (Phi) is 7.13. The fourth-order valence-electron chi connectivity index (χ4n) is 2.97. The summed E-state index contributed by atoms with van der Waals surface area (Å²) in [6, 6.07) is 9.41. The molecule has 1 amide bonds. The van der Waals surface area contributed by atoms with Crippen LogP contribution in [0.15, 0.2) is 39.7 Å². The van der Waals surface area contributed by atoms with Crippen molar-refractivity contribution in [2.24, 2.45) is 10.7 Å². The first kappa shape index (κ1) is 20.7. The van der Waals surface area contributed by atoms with Gasteiger partial charge in [-0.15, -0.1) is 0 Å². The molecule has 0 spiro atoms. The van der Waals surface area contributed by atoms with Gasteiger partial charge in [-0.2, -0.15) is 0 Å². The molecule has 0 bridgehead atoms. The van der Waals surface area contributed by atoms with Crippen molar-refractivity contribution < 1.29 is 18.7 Å². The molecule has 4 N–H and O–H groups in total. The second-order valence-corrected chi connectivity index (χ2v) is 6.89. The summed E-state index contributed by atoms with van der Waals surface area (Å²) in [7, 11) is 0. The Bertz CT molecular complexity index is 856. The van der Waals surface area contributed by atoms with Crippen LogP contribution in [0.4, 0.5) is 0 Å². The van der Waals surface area contributed by atoms with Crippen molar-refractivity contribution in [3.8, 4) is 5.75 Å². The minimum Gasteiger partial charge on any atom is -0.488 e. The molecule has 156 valence electrons. The second kappa shape index (κ2) is 9.97. The van der Waals surface area contributed by atoms with Crippen LogP contribution in [0, 0.1) is 6.92 Å². The topological polar surface area (TPSA) is 111 Å². The van der Waals surface area contributed by atoms with E-state index in [-0.39, 0.29) is 11.9 Å². The van der Waals surface area contributed by atoms with Gasteiger partial charge in [-0.3, -0.25) is 4.79 Å². The fourth-order valence-corrected chi connectivity index (χ4v) is 2.97. The van der Waals surface area contributed by atoms with Gasteiger partial charge in [0.1, 0.15) is 17.6 Å². The summed E-state index contributed by atoms with van der Waals surface area (Å²) in [6.07, 6.45) is 0.987. The third kappa shape index (κ3) is 5.99. The summed E-state index contributed by atoms with van der Waals surface area (Å²) in [6.45, 7) is 6.96. The van der Waals surface area contributed by atoms with Crippen LogP contribution in [0.2, 0.25) is 0 Å². The Morgan fingerprint density at radius 1 is 1.31 bits per heavy atom. The summed E-state index contributed by atoms with van der Waals surface area (Å²) >= 11 is 0. The van der Waals surface area contributed by atoms with E-state index in [0.29, 0.717) is 38.0 Å². The molecule has 1 atom stereocenters. The van der Waals surface area contributed by atoms with E-state index in [1.165, 1.54) is 0 Å². The number of nitrogens with one attached hydrogen (secondary N) is 2. The predicted molar refractivity (Wildman–Crippen MR) is 110 cm³/mol. The molecule has 1 aliphatic rings. The Balaban J connectivity index is 1.66. The van der Waals surface area contributed by atoms with Crippen molar-refractivity contribution in [2.75, 3.05) is 19.8 Å². The maximum atomic E-state index is 11.1. The first-order valence-electron chi connectivity index (χ1n) is 9.79. The first-order chi connectivity index (χ1) is 14.0. The molecule has 2 aromatic rings. The lowest BCUT2D eigenvalue weighted by atomic mass is 10.1. The quantitative estimate of drug-likeness (QED) is 0.462. The summed E-state index contributed by atoms with van der Waals surface area (Å²) in [4.78, 5) is 15.8. The zero-order chi connectivity index (χ0) is 20.6. The van der Waals surface area contributed by atoms with E-state index >= 15 is 0 Å². The number of hydrogen-bond donors (Lipinski definition) is 3. The number of nitrogens with zero attached hydrogens (tertiary/aromatic N) is 1. The van der Waals surface area contributed by atoms with Gasteiger partial charge < -0.3 is 30.3 Å². The largest absolute Gasteiger partial charge is 0.488 e. The lowest BCUT2D eigenvalue weighted by molar-refractivity contribution is 0.0972. The zero-order valence-electron chi connectivity index (χ0n) is 16.9. The molecule has 0 saturated carbocycles. The lowest BCUT2D eigenvalue weighted by Crippen LogP contribution is -2.36. The predicted octanol–water partition coefficient (Wildman–Crippen LogP) is 2.11. The van der Waals surface area contributed by atoms with Crippen LogP contribution in [-0.2, 0) is 17.8 Å². The van der Waals surface area contributed by atoms with Gasteiger partial charge in [0.25, 0.3) is 5.91 Å². The van der Waals surface area contributed by atoms with Crippen molar-refractivity contribution in [3.05, 3.63) is 53.0 Å². The Morgan fingerprint density at radius 2 is 2.17 bits per heavy atom. The first-order valence-corrected chi connectivity index (χ1v) is 9.79. The average Bonchev–Trinajstić information content (AvgIpc) is 3.37. The standard InChI is InChI=1S/C21H28N4O4/c1-3-23-21(25-12-16-6-7-18(28-16)20(22)26)24-11-15-5-4-14(2)10-19(15)29-17-8-9-27-13-17/h4-7,10,17H,3,8-9,11-13H2,1-2H3,(H2,22,26)(H2,23,24,25). The van der Waals surface area contributed by atoms with Crippen LogP contribution in [0.1, 0.15) is 40.8 Å². The number of aliphatic imine (C=N–C) groups is 1. The smallest absolute Gasteiger partial charge is 0.284 e. The zero-order valence-corrected chi connectivity index (χ0v) is 16.9. The van der Waals surface area contributed by atoms with Crippen LogP contribution in [-0.4, -0.2) is 37.7 Å². The van der Waals surface area contributed by atoms with E-state index in [4.69, 9.17) is 19.6 Å². The monoisotopic (exact) mass is 400 g/mol. The molecule has 29 heavy (non-hydrogen) atoms. The normalized spacial score (nSPS) is 16.6. The minimum absolute atomic E-state index is 0.0873. The SMILES string of the molecule is CCNC(=NCc1ccc(C)cc1OC1CCOC1)NCc1ccc(C(N)=O)o1. The molecule has 0 radical (unpaired) electrons. The molecule has 3 rings (SSSR count). The van der Waals surface area contributed by atoms with Crippen molar-refractivity contribution in [1.29, 1.82) is 0 Å². The van der Waals surface area contributed by atoms with E-state index in [1.807, 2.05) is 26.0 Å². The highest BCUT2D eigenvalue weighted by Crippen LogP contribution is 2.24. The molecule has 1 aromatic heterocycles. The highest BCUT2D eigenvalue weighted by molar-refractivity contribution is 5.89. The molecule has 1 saturated heterocycles. The van der Waals surface area contributed by atoms with Crippen LogP contribution < -0.4 is 21.1 Å². The number of carbonyl (C=O) groups is 1. The highest BCUT2D eigenvalue weighted by Gasteiger charge is 2.18. The van der Waals surface area contributed by atoms with Crippen LogP contribution in [0.25, 0.3) is 0 Å². The van der Waals surface area contributed by atoms with Gasteiger partial charge in [0.15, 0.2) is 11.7 Å². The van der Waals surface area contributed by atoms with Crippen LogP contribution in [0.3, 0.4) is 0 Å². The van der Waals surface area contributed by atoms with Crippen LogP contribution in [0.5, 0.6) is 5.75 Å². The molecule has 2 heterocycles. The van der Waals surface area contributed by atoms with Gasteiger partial charge in [-0.05, 0) is 37.6 Å². The molecule has 8 nitrogen and oxygen atoms in total. The van der Waals surface area contributed by atoms with E-state index in [2.05, 4.69) is 21.7 Å². The van der Waals surface area contributed by atoms with Crippen LogP contribution >= 0.6 is 0 Å². The summed E-state index contributed by atoms with van der Waals surface area (Å²) in [5, 5.41) is 6.40. The number of guanidine groups is 1. The number of ether oxygens (including phenoxy) is 2. The minimum atomic E-state index is -0.587. The number of carbonyl (C=O) groups excluding carboxylic acids is 1. The third-order valence-electron chi connectivity index (χ3n) is 4.49. The number of furan rings is 1. The molecule has 1 aliphatic heterocycles. The van der Waals surface area contributed by atoms with E-state index in [9.17, 15) is 4.79 Å². The van der Waals surface area contributed by atoms with Crippen molar-refractivity contribution >= 4 is 11.9 Å². The van der Waals surface area contributed by atoms with E-state index in [0.717, 1.165) is 29.9 Å². The molecule has 1 aromatic carbocycles. The average molecular weight is 400 g/mol. The summed E-state index contributed by atoms with van der Waals surface area (Å²) in [5.74, 6) is 1.64. The number of hydrogen-bond acceptors (Lipinski definition) is 5. The number of nitrogens with two attached hydrogens (primary N) is 1. The summed E-state index contributed by atoms with van der Waals surface area (Å²) in [5.41, 5.74) is 7.36. The second-order valence-electron chi connectivity index (χ2n) is 6.89. The molecule has 0 aliphatic carbocycles. The molecule has 1 unspecified atom stereocenters. The highest BCUT2D eigenvalue weighted by atomic mass is 16.5. The summed E-state index contributed by atoms with van der Waals surface area (Å²) < 4.78 is 16.9. The van der Waals surface area contributed by atoms with Gasteiger partial charge >= 0.3 is 0 Å². The Hall–Kier alpha value is -3.00. The van der Waals surface area contributed by atoms with E-state index < -0.39 is 5.91 Å². The van der Waals surface area contributed by atoms with Gasteiger partial charge in [0.2, 0.25) is 0 Å². The number of rotatable bonds is 8. The van der Waals surface area contributed by atoms with Crippen molar-refractivity contribution in [3.63, 3.8) is 0 Å². The number of primary amides is 1. The van der Waals surface area contributed by atoms with Gasteiger partial charge in [0.05, 0.1) is 26.3 Å². The van der Waals surface area contributed by atoms with E-state index in [1.54, 1.807) is 12.1 Å². The van der Waals surface area contributed by atoms with Crippen molar-refractivity contribution in [1.82, 2.24) is 10.6 Å². The number of benzene rings is 1. The van der Waals surface area contributed by atoms with Gasteiger partial charge in [-0.1, -0.05) is 12.1 Å². The molecular weight excluding hydrogens is 372 g/mol. The van der Waals surface area contributed by atoms with Gasteiger partial charge in [-0.25, -0.2) is 4.99 Å². The number of amides is 1. The Labute approximate surface area is 170 Å². The third-order valence-corrected chi connectivity index (χ3v) is 4.49. The lowest BCUT2D eigenvalue weighted by Gasteiger charge is -2.16. The Morgan fingerprint density at radius 3 is 2.86 bits per heavy atom. The maximum absolute atomic E-state index is 11.1. The van der Waals surface area contributed by atoms with Gasteiger partial charge in [0, 0.05) is 18.5 Å². The molecule has 1 fully saturated rings. The number of aryl methyl sites for hydroxylation is 1.